The number of carbonyl (C=O) groups is 3. The van der Waals surface area contributed by atoms with Crippen LogP contribution in [0, 0.1) is 0 Å². The van der Waals surface area contributed by atoms with Crippen LogP contribution < -0.4 is 5.32 Å². The van der Waals surface area contributed by atoms with E-state index in [0.717, 1.165) is 50.7 Å². The van der Waals surface area contributed by atoms with Crippen LogP contribution in [0.2, 0.25) is 0 Å². The number of hydrogen-bond donors (Lipinski definition) is 1. The Morgan fingerprint density at radius 3 is 1.59 bits per heavy atom. The summed E-state index contributed by atoms with van der Waals surface area (Å²) in [7, 11) is 0. The summed E-state index contributed by atoms with van der Waals surface area (Å²) in [5.74, 6) is -0.664. The summed E-state index contributed by atoms with van der Waals surface area (Å²) in [6.07, 6.45) is 0.351. The van der Waals surface area contributed by atoms with Crippen LogP contribution in [-0.2, 0) is 21.5 Å². The van der Waals surface area contributed by atoms with Crippen molar-refractivity contribution in [2.75, 3.05) is 0 Å². The van der Waals surface area contributed by atoms with Gasteiger partial charge in [0.1, 0.15) is 5.54 Å². The van der Waals surface area contributed by atoms with Crippen LogP contribution in [0.5, 0.6) is 0 Å². The van der Waals surface area contributed by atoms with Crippen LogP contribution in [0.25, 0.3) is 0 Å². The Hall–Kier alpha value is -5.72. The molecule has 0 aliphatic carbocycles. The molecule has 1 aliphatic rings. The summed E-state index contributed by atoms with van der Waals surface area (Å²) in [6.45, 7) is 1.91. The van der Waals surface area contributed by atoms with E-state index >= 15 is 0 Å². The van der Waals surface area contributed by atoms with E-state index in [1.807, 2.05) is 183 Å². The van der Waals surface area contributed by atoms with Gasteiger partial charge in [0.05, 0.1) is 17.2 Å². The lowest BCUT2D eigenvalue weighted by Gasteiger charge is -2.42. The molecule has 252 valence electrons. The quantitative estimate of drug-likeness (QED) is 0.138. The fourth-order valence-corrected chi connectivity index (χ4v) is 8.15. The van der Waals surface area contributed by atoms with E-state index in [9.17, 15) is 14.4 Å². The van der Waals surface area contributed by atoms with Crippen LogP contribution in [0.3, 0.4) is 0 Å². The van der Waals surface area contributed by atoms with Gasteiger partial charge in [-0.2, -0.15) is 0 Å². The van der Waals surface area contributed by atoms with Gasteiger partial charge in [-0.05, 0) is 52.3 Å². The maximum atomic E-state index is 14.7. The standard InChI is InChI=1S/C45H38N2O3S/c1-32(34-19-7-2-8-20-34)42(48)46-41(35-21-9-3-10-22-35)36-23-17-18-33(30-36)31-40-43(49)47(44(50)51-40)45(37-24-11-4-12-25-37,38-26-13-5-14-27-38)39-28-15-6-16-29-39/h2-30,32,40-41H,31H2,1H3,(H,46,48)/t32-,40?,41?/m1/s1. The zero-order valence-corrected chi connectivity index (χ0v) is 29.1. The van der Waals surface area contributed by atoms with Crippen molar-refractivity contribution in [3.8, 4) is 0 Å². The van der Waals surface area contributed by atoms with E-state index in [-0.39, 0.29) is 23.0 Å². The smallest absolute Gasteiger partial charge is 0.290 e. The lowest BCUT2D eigenvalue weighted by Crippen LogP contribution is -2.51. The second-order valence-corrected chi connectivity index (χ2v) is 13.9. The summed E-state index contributed by atoms with van der Waals surface area (Å²) in [6, 6.07) is 56.6. The molecule has 0 bridgehead atoms. The molecule has 7 rings (SSSR count). The first-order valence-corrected chi connectivity index (χ1v) is 18.0. The molecule has 3 atom stereocenters. The Morgan fingerprint density at radius 2 is 1.08 bits per heavy atom. The van der Waals surface area contributed by atoms with Crippen LogP contribution in [0.1, 0.15) is 57.8 Å². The van der Waals surface area contributed by atoms with E-state index in [1.165, 1.54) is 4.90 Å². The van der Waals surface area contributed by atoms with Gasteiger partial charge in [-0.25, -0.2) is 0 Å². The zero-order valence-electron chi connectivity index (χ0n) is 28.3. The van der Waals surface area contributed by atoms with Crippen LogP contribution >= 0.6 is 11.8 Å². The number of benzene rings is 6. The third-order valence-electron chi connectivity index (χ3n) is 9.65. The van der Waals surface area contributed by atoms with Crippen molar-refractivity contribution in [3.63, 3.8) is 0 Å². The molecule has 6 aromatic carbocycles. The largest absolute Gasteiger partial charge is 0.345 e. The Labute approximate surface area is 303 Å². The first kappa shape index (κ1) is 33.8. The van der Waals surface area contributed by atoms with Crippen molar-refractivity contribution in [1.82, 2.24) is 10.2 Å². The van der Waals surface area contributed by atoms with Crippen LogP contribution in [0.15, 0.2) is 176 Å². The molecule has 6 aromatic rings. The topological polar surface area (TPSA) is 66.5 Å². The van der Waals surface area contributed by atoms with Gasteiger partial charge in [0.15, 0.2) is 0 Å². The van der Waals surface area contributed by atoms with Gasteiger partial charge < -0.3 is 5.32 Å². The van der Waals surface area contributed by atoms with Gasteiger partial charge in [-0.1, -0.05) is 188 Å². The number of nitrogens with one attached hydrogen (secondary N) is 1. The molecule has 1 N–H and O–H groups in total. The lowest BCUT2D eigenvalue weighted by molar-refractivity contribution is -0.129. The SMILES string of the molecule is C[C@@H](C(=O)NC(c1ccccc1)c1cccc(CC2SC(=O)N(C(c3ccccc3)(c3ccccc3)c3ccccc3)C2=O)c1)c1ccccc1. The molecule has 6 heteroatoms. The Kier molecular flexibility index (Phi) is 9.95. The molecule has 1 fully saturated rings. The molecule has 3 amide bonds. The first-order valence-electron chi connectivity index (χ1n) is 17.2. The highest BCUT2D eigenvalue weighted by molar-refractivity contribution is 8.15. The first-order chi connectivity index (χ1) is 25.0. The number of imide groups is 1. The van der Waals surface area contributed by atoms with Crippen LogP contribution in [0.4, 0.5) is 4.79 Å². The van der Waals surface area contributed by atoms with Crippen molar-refractivity contribution in [2.24, 2.45) is 0 Å². The molecule has 1 saturated heterocycles. The van der Waals surface area contributed by atoms with Crippen molar-refractivity contribution in [3.05, 3.63) is 215 Å². The third-order valence-corrected chi connectivity index (χ3v) is 10.7. The number of thioether (sulfide) groups is 1. The number of carbonyl (C=O) groups excluding carboxylic acids is 3. The maximum absolute atomic E-state index is 14.7. The molecule has 0 aromatic heterocycles. The van der Waals surface area contributed by atoms with E-state index in [2.05, 4.69) is 5.32 Å². The van der Waals surface area contributed by atoms with Gasteiger partial charge in [0.25, 0.3) is 5.24 Å². The predicted molar refractivity (Wildman–Crippen MR) is 204 cm³/mol. The Balaban J connectivity index is 1.22. The second-order valence-electron chi connectivity index (χ2n) is 12.8. The average Bonchev–Trinajstić information content (AvgIpc) is 3.47. The van der Waals surface area contributed by atoms with Crippen molar-refractivity contribution in [1.29, 1.82) is 0 Å². The van der Waals surface area contributed by atoms with Gasteiger partial charge in [0, 0.05) is 0 Å². The fraction of sp³-hybridized carbons (Fsp3) is 0.133. The maximum Gasteiger partial charge on any atom is 0.290 e. The van der Waals surface area contributed by atoms with Crippen LogP contribution in [-0.4, -0.2) is 27.2 Å². The normalized spacial score (nSPS) is 15.7. The Bertz CT molecular complexity index is 2010. The molecule has 0 saturated carbocycles. The summed E-state index contributed by atoms with van der Waals surface area (Å²) in [4.78, 5) is 44.0. The van der Waals surface area contributed by atoms with E-state index in [0.29, 0.717) is 6.42 Å². The van der Waals surface area contributed by atoms with Gasteiger partial charge in [-0.3, -0.25) is 19.3 Å². The van der Waals surface area contributed by atoms with E-state index in [4.69, 9.17) is 0 Å². The summed E-state index contributed by atoms with van der Waals surface area (Å²) in [5, 5.41) is 2.37. The molecular weight excluding hydrogens is 649 g/mol. The molecule has 5 nitrogen and oxygen atoms in total. The minimum Gasteiger partial charge on any atom is -0.345 e. The molecule has 1 heterocycles. The monoisotopic (exact) mass is 686 g/mol. The highest BCUT2D eigenvalue weighted by atomic mass is 32.2. The molecule has 1 aliphatic heterocycles. The minimum atomic E-state index is -1.17. The summed E-state index contributed by atoms with van der Waals surface area (Å²) < 4.78 is 0. The highest BCUT2D eigenvalue weighted by Crippen LogP contribution is 2.48. The minimum absolute atomic E-state index is 0.0812. The van der Waals surface area contributed by atoms with Crippen molar-refractivity contribution in [2.45, 2.75) is 36.1 Å². The number of hydrogen-bond acceptors (Lipinski definition) is 4. The van der Waals surface area contributed by atoms with Crippen molar-refractivity contribution < 1.29 is 14.4 Å². The summed E-state index contributed by atoms with van der Waals surface area (Å²) >= 11 is 1.08. The zero-order chi connectivity index (χ0) is 35.2. The van der Waals surface area contributed by atoms with Gasteiger partial charge >= 0.3 is 0 Å². The fourth-order valence-electron chi connectivity index (χ4n) is 7.09. The molecule has 0 spiro atoms. The predicted octanol–water partition coefficient (Wildman–Crippen LogP) is 9.29. The van der Waals surface area contributed by atoms with Gasteiger partial charge in [0.2, 0.25) is 11.8 Å². The number of nitrogens with zero attached hydrogens (tertiary/aromatic N) is 1. The summed E-state index contributed by atoms with van der Waals surface area (Å²) in [5.41, 5.74) is 5.03. The molecule has 0 radical (unpaired) electrons. The third kappa shape index (κ3) is 6.75. The molecule has 2 unspecified atom stereocenters. The average molecular weight is 687 g/mol. The lowest BCUT2D eigenvalue weighted by atomic mass is 9.75. The highest BCUT2D eigenvalue weighted by Gasteiger charge is 2.54. The van der Waals surface area contributed by atoms with Gasteiger partial charge in [-0.15, -0.1) is 0 Å². The number of rotatable bonds is 11. The molecule has 51 heavy (non-hydrogen) atoms. The Morgan fingerprint density at radius 1 is 0.627 bits per heavy atom. The van der Waals surface area contributed by atoms with E-state index in [1.54, 1.807) is 0 Å². The molecular formula is C45H38N2O3S. The second kappa shape index (κ2) is 15.0. The van der Waals surface area contributed by atoms with E-state index < -0.39 is 16.8 Å². The number of amides is 3. The van der Waals surface area contributed by atoms with Crippen molar-refractivity contribution >= 4 is 28.8 Å².